The van der Waals surface area contributed by atoms with Crippen LogP contribution in [0.2, 0.25) is 0 Å². The Morgan fingerprint density at radius 1 is 1.20 bits per heavy atom. The molecule has 88 valence electrons. The lowest BCUT2D eigenvalue weighted by atomic mass is 9.78. The van der Waals surface area contributed by atoms with Crippen molar-refractivity contribution in [3.8, 4) is 0 Å². The van der Waals surface area contributed by atoms with Gasteiger partial charge in [-0.1, -0.05) is 13.3 Å². The first-order valence-corrected chi connectivity index (χ1v) is 6.50. The summed E-state index contributed by atoms with van der Waals surface area (Å²) >= 11 is 0. The molecule has 15 heavy (non-hydrogen) atoms. The SMILES string of the molecule is CCC1CCC(C(=O)CCCCN)CC1. The molecule has 1 aliphatic rings. The minimum atomic E-state index is 0.380. The van der Waals surface area contributed by atoms with Crippen LogP contribution in [-0.2, 0) is 4.79 Å². The lowest BCUT2D eigenvalue weighted by molar-refractivity contribution is -0.124. The van der Waals surface area contributed by atoms with Gasteiger partial charge in [-0.3, -0.25) is 4.79 Å². The molecule has 0 unspecified atom stereocenters. The van der Waals surface area contributed by atoms with E-state index in [9.17, 15) is 4.79 Å². The van der Waals surface area contributed by atoms with Gasteiger partial charge in [0.15, 0.2) is 0 Å². The molecule has 1 saturated carbocycles. The summed E-state index contributed by atoms with van der Waals surface area (Å²) in [5.41, 5.74) is 5.42. The van der Waals surface area contributed by atoms with Gasteiger partial charge in [-0.15, -0.1) is 0 Å². The number of ketones is 1. The molecule has 0 atom stereocenters. The van der Waals surface area contributed by atoms with Crippen LogP contribution in [0.25, 0.3) is 0 Å². The molecule has 0 bridgehead atoms. The Kier molecular flexibility index (Phi) is 5.92. The summed E-state index contributed by atoms with van der Waals surface area (Å²) in [5, 5.41) is 0. The van der Waals surface area contributed by atoms with Crippen molar-refractivity contribution in [3.63, 3.8) is 0 Å². The van der Waals surface area contributed by atoms with Crippen LogP contribution in [0.3, 0.4) is 0 Å². The van der Waals surface area contributed by atoms with Gasteiger partial charge < -0.3 is 5.73 Å². The summed E-state index contributed by atoms with van der Waals surface area (Å²) in [6, 6.07) is 0. The van der Waals surface area contributed by atoms with Gasteiger partial charge in [-0.05, 0) is 51.0 Å². The minimum absolute atomic E-state index is 0.380. The highest BCUT2D eigenvalue weighted by Gasteiger charge is 2.24. The number of unbranched alkanes of at least 4 members (excludes halogenated alkanes) is 1. The van der Waals surface area contributed by atoms with E-state index in [1.807, 2.05) is 0 Å². The molecule has 1 rings (SSSR count). The van der Waals surface area contributed by atoms with Crippen LogP contribution in [0.4, 0.5) is 0 Å². The van der Waals surface area contributed by atoms with Gasteiger partial charge in [0.2, 0.25) is 0 Å². The van der Waals surface area contributed by atoms with Crippen LogP contribution in [0.5, 0.6) is 0 Å². The van der Waals surface area contributed by atoms with Gasteiger partial charge in [0.05, 0.1) is 0 Å². The van der Waals surface area contributed by atoms with Crippen molar-refractivity contribution >= 4 is 5.78 Å². The normalized spacial score (nSPS) is 26.5. The molecule has 0 aliphatic heterocycles. The average Bonchev–Trinajstić information content (AvgIpc) is 2.29. The highest BCUT2D eigenvalue weighted by atomic mass is 16.1. The topological polar surface area (TPSA) is 43.1 Å². The minimum Gasteiger partial charge on any atom is -0.330 e. The van der Waals surface area contributed by atoms with Gasteiger partial charge in [0, 0.05) is 12.3 Å². The standard InChI is InChI=1S/C13H25NO/c1-2-11-6-8-12(9-7-11)13(15)5-3-4-10-14/h11-12H,2-10,14H2,1H3. The maximum atomic E-state index is 11.8. The molecule has 1 aliphatic carbocycles. The van der Waals surface area contributed by atoms with Crippen molar-refractivity contribution < 1.29 is 4.79 Å². The summed E-state index contributed by atoms with van der Waals surface area (Å²) in [5.74, 6) is 1.77. The second-order valence-electron chi connectivity index (χ2n) is 4.84. The fraction of sp³-hybridized carbons (Fsp3) is 0.923. The zero-order valence-corrected chi connectivity index (χ0v) is 10.0. The Morgan fingerprint density at radius 3 is 2.40 bits per heavy atom. The Balaban J connectivity index is 2.18. The van der Waals surface area contributed by atoms with E-state index in [0.29, 0.717) is 11.7 Å². The van der Waals surface area contributed by atoms with Crippen molar-refractivity contribution in [3.05, 3.63) is 0 Å². The molecule has 0 aromatic carbocycles. The third kappa shape index (κ3) is 4.33. The fourth-order valence-electron chi connectivity index (χ4n) is 2.54. The van der Waals surface area contributed by atoms with E-state index in [2.05, 4.69) is 6.92 Å². The van der Waals surface area contributed by atoms with Crippen LogP contribution < -0.4 is 5.73 Å². The van der Waals surface area contributed by atoms with E-state index < -0.39 is 0 Å². The van der Waals surface area contributed by atoms with E-state index >= 15 is 0 Å². The molecule has 1 fully saturated rings. The molecule has 0 heterocycles. The van der Waals surface area contributed by atoms with Crippen LogP contribution >= 0.6 is 0 Å². The highest BCUT2D eigenvalue weighted by molar-refractivity contribution is 5.81. The van der Waals surface area contributed by atoms with E-state index in [0.717, 1.165) is 44.6 Å². The molecule has 0 saturated heterocycles. The second kappa shape index (κ2) is 7.00. The number of Topliss-reactive ketones (excluding diaryl/α,β-unsaturated/α-hetero) is 1. The van der Waals surface area contributed by atoms with Gasteiger partial charge in [-0.25, -0.2) is 0 Å². The van der Waals surface area contributed by atoms with Gasteiger partial charge in [0.1, 0.15) is 5.78 Å². The third-order valence-corrected chi connectivity index (χ3v) is 3.76. The lowest BCUT2D eigenvalue weighted by Crippen LogP contribution is -2.21. The maximum Gasteiger partial charge on any atom is 0.135 e. The first-order valence-electron chi connectivity index (χ1n) is 6.50. The molecule has 2 heteroatoms. The largest absolute Gasteiger partial charge is 0.330 e. The second-order valence-corrected chi connectivity index (χ2v) is 4.84. The van der Waals surface area contributed by atoms with Gasteiger partial charge >= 0.3 is 0 Å². The summed E-state index contributed by atoms with van der Waals surface area (Å²) in [6.07, 6.45) is 8.85. The molecule has 0 radical (unpaired) electrons. The van der Waals surface area contributed by atoms with Crippen molar-refractivity contribution in [2.75, 3.05) is 6.54 Å². The van der Waals surface area contributed by atoms with E-state index in [1.54, 1.807) is 0 Å². The summed E-state index contributed by atoms with van der Waals surface area (Å²) < 4.78 is 0. The van der Waals surface area contributed by atoms with Crippen LogP contribution in [0, 0.1) is 11.8 Å². The van der Waals surface area contributed by atoms with E-state index in [1.165, 1.54) is 19.3 Å². The van der Waals surface area contributed by atoms with Crippen molar-refractivity contribution in [1.29, 1.82) is 0 Å². The smallest absolute Gasteiger partial charge is 0.135 e. The Bertz CT molecular complexity index is 183. The molecule has 0 aromatic heterocycles. The Hall–Kier alpha value is -0.370. The van der Waals surface area contributed by atoms with Crippen LogP contribution in [0.15, 0.2) is 0 Å². The summed E-state index contributed by atoms with van der Waals surface area (Å²) in [7, 11) is 0. The number of hydrogen-bond acceptors (Lipinski definition) is 2. The van der Waals surface area contributed by atoms with Crippen molar-refractivity contribution in [2.45, 2.75) is 58.3 Å². The average molecular weight is 211 g/mol. The molecule has 2 nitrogen and oxygen atoms in total. The molecule has 0 spiro atoms. The monoisotopic (exact) mass is 211 g/mol. The molecule has 0 amide bonds. The van der Waals surface area contributed by atoms with Crippen LogP contribution in [-0.4, -0.2) is 12.3 Å². The number of carbonyl (C=O) groups is 1. The first-order chi connectivity index (χ1) is 7.27. The molecular formula is C13H25NO. The first kappa shape index (κ1) is 12.7. The fourth-order valence-corrected chi connectivity index (χ4v) is 2.54. The molecular weight excluding hydrogens is 186 g/mol. The van der Waals surface area contributed by atoms with Gasteiger partial charge in [0.25, 0.3) is 0 Å². The van der Waals surface area contributed by atoms with E-state index in [-0.39, 0.29) is 0 Å². The number of nitrogens with two attached hydrogens (primary N) is 1. The zero-order chi connectivity index (χ0) is 11.1. The number of carbonyl (C=O) groups excluding carboxylic acids is 1. The van der Waals surface area contributed by atoms with E-state index in [4.69, 9.17) is 5.73 Å². The predicted molar refractivity (Wildman–Crippen MR) is 63.7 cm³/mol. The predicted octanol–water partition coefficient (Wildman–Crippen LogP) is 2.90. The quantitative estimate of drug-likeness (QED) is 0.686. The highest BCUT2D eigenvalue weighted by Crippen LogP contribution is 2.31. The summed E-state index contributed by atoms with van der Waals surface area (Å²) in [4.78, 5) is 11.8. The molecule has 2 N–H and O–H groups in total. The lowest BCUT2D eigenvalue weighted by Gasteiger charge is -2.26. The summed E-state index contributed by atoms with van der Waals surface area (Å²) in [6.45, 7) is 2.98. The number of hydrogen-bond donors (Lipinski definition) is 1. The maximum absolute atomic E-state index is 11.8. The van der Waals surface area contributed by atoms with Gasteiger partial charge in [-0.2, -0.15) is 0 Å². The number of rotatable bonds is 6. The molecule has 0 aromatic rings. The third-order valence-electron chi connectivity index (χ3n) is 3.76. The Morgan fingerprint density at radius 2 is 1.87 bits per heavy atom. The van der Waals surface area contributed by atoms with Crippen molar-refractivity contribution in [1.82, 2.24) is 0 Å². The van der Waals surface area contributed by atoms with Crippen LogP contribution in [0.1, 0.15) is 58.3 Å². The Labute approximate surface area is 93.6 Å². The van der Waals surface area contributed by atoms with Crippen molar-refractivity contribution in [2.24, 2.45) is 17.6 Å². The zero-order valence-electron chi connectivity index (χ0n) is 10.0.